The Labute approximate surface area is 96.3 Å². The maximum atomic E-state index is 5.85. The molecule has 0 aliphatic heterocycles. The van der Waals surface area contributed by atoms with Crippen molar-refractivity contribution in [1.29, 1.82) is 0 Å². The molecule has 1 aromatic heterocycles. The van der Waals surface area contributed by atoms with Crippen LogP contribution in [0.2, 0.25) is 5.15 Å². The van der Waals surface area contributed by atoms with E-state index in [9.17, 15) is 0 Å². The summed E-state index contributed by atoms with van der Waals surface area (Å²) in [4.78, 5) is 8.29. The van der Waals surface area contributed by atoms with Crippen LogP contribution in [0.1, 0.15) is 33.0 Å². The molecule has 0 aliphatic carbocycles. The molecule has 84 valence electrons. The summed E-state index contributed by atoms with van der Waals surface area (Å²) in [6.45, 7) is 8.39. The summed E-state index contributed by atoms with van der Waals surface area (Å²) < 4.78 is 0. The van der Waals surface area contributed by atoms with Gasteiger partial charge >= 0.3 is 0 Å². The van der Waals surface area contributed by atoms with Gasteiger partial charge in [0.25, 0.3) is 0 Å². The van der Waals surface area contributed by atoms with Crippen LogP contribution in [-0.4, -0.2) is 16.0 Å². The molecule has 1 heterocycles. The number of nitrogens with zero attached hydrogens (tertiary/aromatic N) is 2. The highest BCUT2D eigenvalue weighted by Crippen LogP contribution is 2.14. The van der Waals surface area contributed by atoms with Gasteiger partial charge in [0, 0.05) is 12.1 Å². The predicted molar refractivity (Wildman–Crippen MR) is 64.3 cm³/mol. The number of aryl methyl sites for hydroxylation is 1. The maximum absolute atomic E-state index is 5.85. The van der Waals surface area contributed by atoms with Gasteiger partial charge in [0.05, 0.1) is 0 Å². The van der Waals surface area contributed by atoms with Crippen molar-refractivity contribution in [2.45, 2.75) is 40.2 Å². The molecule has 0 saturated heterocycles. The molecule has 0 spiro atoms. The average molecular weight is 228 g/mol. The Morgan fingerprint density at radius 1 is 1.33 bits per heavy atom. The molecule has 0 bridgehead atoms. The Morgan fingerprint density at radius 3 is 2.53 bits per heavy atom. The summed E-state index contributed by atoms with van der Waals surface area (Å²) in [5, 5.41) is 3.81. The summed E-state index contributed by atoms with van der Waals surface area (Å²) in [7, 11) is 0. The van der Waals surface area contributed by atoms with Crippen molar-refractivity contribution >= 4 is 17.4 Å². The molecule has 0 amide bonds. The van der Waals surface area contributed by atoms with Gasteiger partial charge in [-0.2, -0.15) is 0 Å². The van der Waals surface area contributed by atoms with Crippen LogP contribution in [0.3, 0.4) is 0 Å². The van der Waals surface area contributed by atoms with Crippen molar-refractivity contribution in [2.75, 3.05) is 5.32 Å². The Kier molecular flexibility index (Phi) is 4.33. The van der Waals surface area contributed by atoms with E-state index in [0.717, 1.165) is 12.2 Å². The van der Waals surface area contributed by atoms with Gasteiger partial charge in [-0.1, -0.05) is 25.4 Å². The molecule has 0 fully saturated rings. The van der Waals surface area contributed by atoms with E-state index in [4.69, 9.17) is 11.6 Å². The molecule has 1 N–H and O–H groups in total. The minimum absolute atomic E-state index is 0.398. The van der Waals surface area contributed by atoms with Crippen LogP contribution in [0.5, 0.6) is 0 Å². The number of aromatic nitrogens is 2. The molecule has 1 aromatic rings. The Hall–Kier alpha value is -0.830. The third kappa shape index (κ3) is 4.47. The minimum Gasteiger partial charge on any atom is -0.367 e. The predicted octanol–water partition coefficient (Wildman–Crippen LogP) is 3.28. The van der Waals surface area contributed by atoms with Crippen molar-refractivity contribution in [3.05, 3.63) is 17.0 Å². The van der Waals surface area contributed by atoms with Crippen molar-refractivity contribution in [3.8, 4) is 0 Å². The highest BCUT2D eigenvalue weighted by atomic mass is 35.5. The van der Waals surface area contributed by atoms with Gasteiger partial charge in [0.2, 0.25) is 0 Å². The summed E-state index contributed by atoms with van der Waals surface area (Å²) in [5.74, 6) is 2.17. The van der Waals surface area contributed by atoms with E-state index in [0.29, 0.717) is 22.9 Å². The SMILES string of the molecule is Cc1nc(Cl)cc(NC(C)CC(C)C)n1. The van der Waals surface area contributed by atoms with Gasteiger partial charge in [0.1, 0.15) is 16.8 Å². The Morgan fingerprint density at radius 2 is 2.00 bits per heavy atom. The molecule has 0 radical (unpaired) electrons. The lowest BCUT2D eigenvalue weighted by Gasteiger charge is -2.16. The fourth-order valence-corrected chi connectivity index (χ4v) is 1.85. The minimum atomic E-state index is 0.398. The number of anilines is 1. The highest BCUT2D eigenvalue weighted by molar-refractivity contribution is 6.29. The molecule has 3 nitrogen and oxygen atoms in total. The van der Waals surface area contributed by atoms with E-state index in [1.54, 1.807) is 6.07 Å². The first-order chi connectivity index (χ1) is 6.97. The van der Waals surface area contributed by atoms with Crippen molar-refractivity contribution < 1.29 is 0 Å². The normalized spacial score (nSPS) is 12.9. The zero-order valence-electron chi connectivity index (χ0n) is 9.71. The van der Waals surface area contributed by atoms with Gasteiger partial charge in [-0.05, 0) is 26.2 Å². The van der Waals surface area contributed by atoms with E-state index in [2.05, 4.69) is 36.1 Å². The topological polar surface area (TPSA) is 37.8 Å². The first-order valence-corrected chi connectivity index (χ1v) is 5.63. The number of rotatable bonds is 4. The van der Waals surface area contributed by atoms with Crippen molar-refractivity contribution in [1.82, 2.24) is 9.97 Å². The average Bonchev–Trinajstić information content (AvgIpc) is 1.98. The summed E-state index contributed by atoms with van der Waals surface area (Å²) in [6, 6.07) is 2.15. The highest BCUT2D eigenvalue weighted by Gasteiger charge is 2.06. The monoisotopic (exact) mass is 227 g/mol. The van der Waals surface area contributed by atoms with Crippen LogP contribution in [0, 0.1) is 12.8 Å². The first kappa shape index (κ1) is 12.2. The largest absolute Gasteiger partial charge is 0.367 e. The lowest BCUT2D eigenvalue weighted by Crippen LogP contribution is -2.18. The van der Waals surface area contributed by atoms with E-state index in [1.807, 2.05) is 6.92 Å². The standard InChI is InChI=1S/C11H18ClN3/c1-7(2)5-8(3)13-11-6-10(12)14-9(4)15-11/h6-8H,5H2,1-4H3,(H,13,14,15). The number of nitrogens with one attached hydrogen (secondary N) is 1. The lowest BCUT2D eigenvalue weighted by molar-refractivity contribution is 0.538. The fourth-order valence-electron chi connectivity index (χ4n) is 1.62. The summed E-state index contributed by atoms with van der Waals surface area (Å²) >= 11 is 5.85. The van der Waals surface area contributed by atoms with Crippen LogP contribution in [0.25, 0.3) is 0 Å². The van der Waals surface area contributed by atoms with Gasteiger partial charge < -0.3 is 5.32 Å². The van der Waals surface area contributed by atoms with Crippen LogP contribution in [0.4, 0.5) is 5.82 Å². The van der Waals surface area contributed by atoms with Crippen LogP contribution in [0.15, 0.2) is 6.07 Å². The van der Waals surface area contributed by atoms with Gasteiger partial charge in [0.15, 0.2) is 0 Å². The van der Waals surface area contributed by atoms with Crippen molar-refractivity contribution in [3.63, 3.8) is 0 Å². The van der Waals surface area contributed by atoms with E-state index < -0.39 is 0 Å². The van der Waals surface area contributed by atoms with E-state index >= 15 is 0 Å². The molecule has 4 heteroatoms. The van der Waals surface area contributed by atoms with Crippen molar-refractivity contribution in [2.24, 2.45) is 5.92 Å². The number of hydrogen-bond donors (Lipinski definition) is 1. The second-order valence-electron chi connectivity index (χ2n) is 4.30. The second-order valence-corrected chi connectivity index (χ2v) is 4.69. The molecule has 0 aliphatic rings. The summed E-state index contributed by atoms with van der Waals surface area (Å²) in [5.41, 5.74) is 0. The van der Waals surface area contributed by atoms with E-state index in [-0.39, 0.29) is 0 Å². The molecule has 1 unspecified atom stereocenters. The van der Waals surface area contributed by atoms with E-state index in [1.165, 1.54) is 0 Å². The Bertz CT molecular complexity index is 305. The zero-order valence-corrected chi connectivity index (χ0v) is 10.5. The third-order valence-electron chi connectivity index (χ3n) is 2.03. The first-order valence-electron chi connectivity index (χ1n) is 5.25. The molecule has 0 aromatic carbocycles. The lowest BCUT2D eigenvalue weighted by atomic mass is 10.1. The number of hydrogen-bond acceptors (Lipinski definition) is 3. The molecular weight excluding hydrogens is 210 g/mol. The quantitative estimate of drug-likeness (QED) is 0.803. The van der Waals surface area contributed by atoms with Crippen LogP contribution >= 0.6 is 11.6 Å². The zero-order chi connectivity index (χ0) is 11.4. The molecule has 1 rings (SSSR count). The van der Waals surface area contributed by atoms with Crippen LogP contribution < -0.4 is 5.32 Å². The molecule has 0 saturated carbocycles. The molecular formula is C11H18ClN3. The smallest absolute Gasteiger partial charge is 0.134 e. The van der Waals surface area contributed by atoms with Gasteiger partial charge in [-0.15, -0.1) is 0 Å². The molecule has 1 atom stereocenters. The maximum Gasteiger partial charge on any atom is 0.134 e. The third-order valence-corrected chi connectivity index (χ3v) is 2.22. The summed E-state index contributed by atoms with van der Waals surface area (Å²) in [6.07, 6.45) is 1.11. The Balaban J connectivity index is 2.63. The molecule has 15 heavy (non-hydrogen) atoms. The number of halogens is 1. The second kappa shape index (κ2) is 5.31. The van der Waals surface area contributed by atoms with Crippen LogP contribution in [-0.2, 0) is 0 Å². The van der Waals surface area contributed by atoms with Gasteiger partial charge in [-0.25, -0.2) is 9.97 Å². The fraction of sp³-hybridized carbons (Fsp3) is 0.636. The van der Waals surface area contributed by atoms with Gasteiger partial charge in [-0.3, -0.25) is 0 Å².